The van der Waals surface area contributed by atoms with E-state index in [-0.39, 0.29) is 6.04 Å². The molecule has 0 saturated carbocycles. The molecule has 0 amide bonds. The number of aryl methyl sites for hydroxylation is 1. The number of nitrogens with two attached hydrogens (primary N) is 1. The van der Waals surface area contributed by atoms with Crippen molar-refractivity contribution in [2.24, 2.45) is 11.7 Å². The van der Waals surface area contributed by atoms with Gasteiger partial charge in [-0.15, -0.1) is 0 Å². The predicted molar refractivity (Wildman–Crippen MR) is 85.6 cm³/mol. The van der Waals surface area contributed by atoms with Gasteiger partial charge in [-0.05, 0) is 64.4 Å². The fraction of sp³-hybridized carbons (Fsp3) is 0.353. The lowest BCUT2D eigenvalue weighted by atomic mass is 9.79. The molecule has 3 heteroatoms. The second-order valence-electron chi connectivity index (χ2n) is 5.61. The lowest BCUT2D eigenvalue weighted by molar-refractivity contribution is 0.370. The molecule has 1 aliphatic carbocycles. The highest BCUT2D eigenvalue weighted by atomic mass is 79.9. The molecule has 1 aromatic carbocycles. The Morgan fingerprint density at radius 2 is 2.00 bits per heavy atom. The van der Waals surface area contributed by atoms with Gasteiger partial charge in [0.05, 0.1) is 0 Å². The lowest BCUT2D eigenvalue weighted by Crippen LogP contribution is -2.36. The van der Waals surface area contributed by atoms with E-state index in [0.29, 0.717) is 5.92 Å². The van der Waals surface area contributed by atoms with E-state index >= 15 is 0 Å². The van der Waals surface area contributed by atoms with Gasteiger partial charge in [0.2, 0.25) is 0 Å². The van der Waals surface area contributed by atoms with Gasteiger partial charge in [0.25, 0.3) is 0 Å². The number of fused-ring (bicyclic) bond motifs is 1. The molecular weight excluding hydrogens is 312 g/mol. The largest absolute Gasteiger partial charge is 0.327 e. The number of pyridine rings is 1. The number of halogens is 1. The van der Waals surface area contributed by atoms with Gasteiger partial charge in [-0.1, -0.05) is 24.3 Å². The van der Waals surface area contributed by atoms with Crippen LogP contribution < -0.4 is 5.73 Å². The highest BCUT2D eigenvalue weighted by molar-refractivity contribution is 9.10. The summed E-state index contributed by atoms with van der Waals surface area (Å²) >= 11 is 3.41. The smallest absolute Gasteiger partial charge is 0.0420 e. The van der Waals surface area contributed by atoms with Crippen molar-refractivity contribution in [3.63, 3.8) is 0 Å². The maximum absolute atomic E-state index is 6.42. The first-order valence-electron chi connectivity index (χ1n) is 7.15. The van der Waals surface area contributed by atoms with E-state index < -0.39 is 0 Å². The average Bonchev–Trinajstić information content (AvgIpc) is 2.49. The Labute approximate surface area is 128 Å². The Bertz CT molecular complexity index is 580. The van der Waals surface area contributed by atoms with Gasteiger partial charge >= 0.3 is 0 Å². The van der Waals surface area contributed by atoms with Gasteiger partial charge in [0.15, 0.2) is 0 Å². The number of benzene rings is 1. The first kappa shape index (κ1) is 13.8. The molecule has 0 fully saturated rings. The molecule has 0 bridgehead atoms. The van der Waals surface area contributed by atoms with Crippen molar-refractivity contribution in [2.75, 3.05) is 0 Å². The minimum absolute atomic E-state index is 0.192. The molecule has 3 rings (SSSR count). The van der Waals surface area contributed by atoms with Crippen molar-refractivity contribution in [2.45, 2.75) is 31.7 Å². The van der Waals surface area contributed by atoms with Crippen molar-refractivity contribution in [3.8, 4) is 0 Å². The van der Waals surface area contributed by atoms with Crippen LogP contribution in [0.2, 0.25) is 0 Å². The lowest BCUT2D eigenvalue weighted by Gasteiger charge is -2.29. The molecule has 0 radical (unpaired) electrons. The van der Waals surface area contributed by atoms with Gasteiger partial charge in [-0.2, -0.15) is 0 Å². The van der Waals surface area contributed by atoms with E-state index in [4.69, 9.17) is 5.73 Å². The van der Waals surface area contributed by atoms with E-state index in [1.807, 2.05) is 12.3 Å². The molecule has 2 aromatic rings. The van der Waals surface area contributed by atoms with Crippen LogP contribution in [0.5, 0.6) is 0 Å². The third kappa shape index (κ3) is 3.10. The minimum Gasteiger partial charge on any atom is -0.327 e. The maximum atomic E-state index is 6.42. The Morgan fingerprint density at radius 1 is 1.20 bits per heavy atom. The summed E-state index contributed by atoms with van der Waals surface area (Å²) in [6, 6.07) is 13.0. The van der Waals surface area contributed by atoms with Crippen LogP contribution in [0, 0.1) is 5.92 Å². The van der Waals surface area contributed by atoms with E-state index in [9.17, 15) is 0 Å². The summed E-state index contributed by atoms with van der Waals surface area (Å²) in [4.78, 5) is 4.43. The fourth-order valence-corrected chi connectivity index (χ4v) is 3.26. The van der Waals surface area contributed by atoms with Gasteiger partial charge < -0.3 is 5.73 Å². The molecule has 1 aromatic heterocycles. The van der Waals surface area contributed by atoms with Crippen LogP contribution >= 0.6 is 15.9 Å². The van der Waals surface area contributed by atoms with Crippen molar-refractivity contribution < 1.29 is 0 Å². The molecule has 0 saturated heterocycles. The first-order chi connectivity index (χ1) is 9.72. The number of nitrogens with zero attached hydrogens (tertiary/aromatic N) is 1. The standard InChI is InChI=1S/C17H19BrN2/c18-15-7-8-16(20-11-15)10-17(19)14-6-5-12-3-1-2-4-13(12)9-14/h1-4,7-8,11,14,17H,5-6,9-10,19H2. The molecule has 2 unspecified atom stereocenters. The topological polar surface area (TPSA) is 38.9 Å². The molecule has 0 spiro atoms. The van der Waals surface area contributed by atoms with E-state index in [1.54, 1.807) is 0 Å². The number of rotatable bonds is 3. The molecule has 1 heterocycles. The molecule has 2 nitrogen and oxygen atoms in total. The van der Waals surface area contributed by atoms with Crippen LogP contribution in [0.25, 0.3) is 0 Å². The molecule has 1 aliphatic rings. The van der Waals surface area contributed by atoms with Crippen molar-refractivity contribution in [3.05, 3.63) is 63.9 Å². The van der Waals surface area contributed by atoms with Gasteiger partial charge in [-0.3, -0.25) is 4.98 Å². The average molecular weight is 331 g/mol. The zero-order valence-corrected chi connectivity index (χ0v) is 13.0. The maximum Gasteiger partial charge on any atom is 0.0420 e. The summed E-state index contributed by atoms with van der Waals surface area (Å²) in [5.41, 5.74) is 10.5. The van der Waals surface area contributed by atoms with Crippen molar-refractivity contribution >= 4 is 15.9 Å². The summed E-state index contributed by atoms with van der Waals surface area (Å²) in [6.07, 6.45) is 6.16. The number of hydrogen-bond acceptors (Lipinski definition) is 2. The van der Waals surface area contributed by atoms with Crippen LogP contribution in [0.15, 0.2) is 47.1 Å². The van der Waals surface area contributed by atoms with Crippen LogP contribution in [0.4, 0.5) is 0 Å². The molecule has 104 valence electrons. The third-order valence-corrected chi connectivity index (χ3v) is 4.69. The Hall–Kier alpha value is -1.19. The zero-order valence-electron chi connectivity index (χ0n) is 11.4. The predicted octanol–water partition coefficient (Wildman–Crippen LogP) is 3.52. The van der Waals surface area contributed by atoms with Crippen LogP contribution in [-0.4, -0.2) is 11.0 Å². The first-order valence-corrected chi connectivity index (χ1v) is 7.94. The minimum atomic E-state index is 0.192. The molecular formula is C17H19BrN2. The summed E-state index contributed by atoms with van der Waals surface area (Å²) in [6.45, 7) is 0. The quantitative estimate of drug-likeness (QED) is 0.935. The summed E-state index contributed by atoms with van der Waals surface area (Å²) in [5, 5.41) is 0. The van der Waals surface area contributed by atoms with Crippen LogP contribution in [0.1, 0.15) is 23.2 Å². The Balaban J connectivity index is 1.67. The van der Waals surface area contributed by atoms with Gasteiger partial charge in [0.1, 0.15) is 0 Å². The van der Waals surface area contributed by atoms with Crippen LogP contribution in [-0.2, 0) is 19.3 Å². The summed E-state index contributed by atoms with van der Waals surface area (Å²) in [5.74, 6) is 0.565. The fourth-order valence-electron chi connectivity index (χ4n) is 3.03. The normalized spacial score (nSPS) is 19.4. The SMILES string of the molecule is NC(Cc1ccc(Br)cn1)C1CCc2ccccc2C1. The highest BCUT2D eigenvalue weighted by Crippen LogP contribution is 2.27. The van der Waals surface area contributed by atoms with E-state index in [2.05, 4.69) is 51.2 Å². The zero-order chi connectivity index (χ0) is 13.9. The highest BCUT2D eigenvalue weighted by Gasteiger charge is 2.24. The van der Waals surface area contributed by atoms with Gasteiger partial charge in [0, 0.05) is 28.8 Å². The number of hydrogen-bond donors (Lipinski definition) is 1. The third-order valence-electron chi connectivity index (χ3n) is 4.22. The summed E-state index contributed by atoms with van der Waals surface area (Å²) in [7, 11) is 0. The van der Waals surface area contributed by atoms with E-state index in [0.717, 1.165) is 29.4 Å². The monoisotopic (exact) mass is 330 g/mol. The molecule has 2 N–H and O–H groups in total. The molecule has 20 heavy (non-hydrogen) atoms. The number of aromatic nitrogens is 1. The summed E-state index contributed by atoms with van der Waals surface area (Å²) < 4.78 is 1.02. The van der Waals surface area contributed by atoms with Crippen LogP contribution in [0.3, 0.4) is 0 Å². The second kappa shape index (κ2) is 6.06. The Kier molecular flexibility index (Phi) is 4.18. The Morgan fingerprint density at radius 3 is 2.75 bits per heavy atom. The molecule has 2 atom stereocenters. The van der Waals surface area contributed by atoms with Gasteiger partial charge in [-0.25, -0.2) is 0 Å². The molecule has 0 aliphatic heterocycles. The van der Waals surface area contributed by atoms with E-state index in [1.165, 1.54) is 17.5 Å². The van der Waals surface area contributed by atoms with Crippen molar-refractivity contribution in [1.29, 1.82) is 0 Å². The van der Waals surface area contributed by atoms with Crippen molar-refractivity contribution in [1.82, 2.24) is 4.98 Å². The second-order valence-corrected chi connectivity index (χ2v) is 6.52.